The van der Waals surface area contributed by atoms with Gasteiger partial charge >= 0.3 is 0 Å². The van der Waals surface area contributed by atoms with E-state index in [1.165, 1.54) is 136 Å². The molecule has 2 heteroatoms. The van der Waals surface area contributed by atoms with E-state index in [1.807, 2.05) is 0 Å². The normalized spacial score (nSPS) is 13.3. The molecular weight excluding hydrogens is 526 g/mol. The van der Waals surface area contributed by atoms with E-state index in [1.54, 1.807) is 0 Å². The van der Waals surface area contributed by atoms with Crippen LogP contribution in [0.2, 0.25) is 0 Å². The van der Waals surface area contributed by atoms with Crippen LogP contribution >= 0.6 is 15.9 Å². The van der Waals surface area contributed by atoms with Gasteiger partial charge in [-0.15, -0.1) is 0 Å². The van der Waals surface area contributed by atoms with E-state index < -0.39 is 0 Å². The number of benzene rings is 5. The fraction of sp³-hybridized carbons (Fsp3) is 0.444. The predicted octanol–water partition coefficient (Wildman–Crippen LogP) is 12.2. The first-order valence-electron chi connectivity index (χ1n) is 15.3. The summed E-state index contributed by atoms with van der Waals surface area (Å²) in [5, 5.41) is 11.3. The molecule has 0 aliphatic carbocycles. The molecule has 0 aliphatic rings. The smallest absolute Gasteiger partial charge is 0.0509 e. The van der Waals surface area contributed by atoms with E-state index in [9.17, 15) is 0 Å². The third-order valence-corrected chi connectivity index (χ3v) is 9.77. The Morgan fingerprint density at radius 3 is 1.97 bits per heavy atom. The van der Waals surface area contributed by atoms with Crippen LogP contribution in [-0.4, -0.2) is 4.57 Å². The van der Waals surface area contributed by atoms with Gasteiger partial charge in [-0.2, -0.15) is 0 Å². The van der Waals surface area contributed by atoms with Crippen LogP contribution in [0.1, 0.15) is 90.9 Å². The quantitative estimate of drug-likeness (QED) is 0.0700. The van der Waals surface area contributed by atoms with Gasteiger partial charge in [0.05, 0.1) is 5.52 Å². The van der Waals surface area contributed by atoms with Crippen LogP contribution in [-0.2, 0) is 6.54 Å². The summed E-state index contributed by atoms with van der Waals surface area (Å²) in [6.45, 7) is 5.77. The second-order valence-electron chi connectivity index (χ2n) is 11.7. The Kier molecular flexibility index (Phi) is 7.80. The van der Waals surface area contributed by atoms with Gasteiger partial charge < -0.3 is 4.57 Å². The van der Waals surface area contributed by atoms with Gasteiger partial charge in [-0.25, -0.2) is 0 Å². The summed E-state index contributed by atoms with van der Waals surface area (Å²) < 4.78 is 3.92. The molecule has 1 aromatic heterocycles. The molecule has 0 spiro atoms. The topological polar surface area (TPSA) is 4.93 Å². The Morgan fingerprint density at radius 1 is 0.605 bits per heavy atom. The first-order chi connectivity index (χ1) is 18.7. The maximum absolute atomic E-state index is 3.99. The lowest BCUT2D eigenvalue weighted by Gasteiger charge is -2.20. The Morgan fingerprint density at radius 2 is 1.21 bits per heavy atom. The fourth-order valence-electron chi connectivity index (χ4n) is 7.16. The molecule has 0 bridgehead atoms. The highest BCUT2D eigenvalue weighted by Gasteiger charge is 2.23. The van der Waals surface area contributed by atoms with Gasteiger partial charge in [-0.1, -0.05) is 136 Å². The Hall–Kier alpha value is -2.32. The van der Waals surface area contributed by atoms with E-state index in [0.29, 0.717) is 0 Å². The third kappa shape index (κ3) is 4.57. The average Bonchev–Trinajstić information content (AvgIpc) is 3.25. The van der Waals surface area contributed by atoms with Crippen LogP contribution < -0.4 is 0 Å². The number of rotatable bonds is 14. The standard InChI is InChI=1S/C36H42BrN/c1-3-5-7-9-10-12-16-25(15-11-8-6-4-2)24-38-31-22-21-26-17-13-18-27-28-19-14-20-29-30(37)23-32(38)36(34(28)29)35(31)33(26)27/h13-14,17-23,25H,3-12,15-16,24H2,1-2H3. The minimum Gasteiger partial charge on any atom is -0.340 e. The molecule has 6 rings (SSSR count). The van der Waals surface area contributed by atoms with Crippen molar-refractivity contribution in [3.8, 4) is 0 Å². The van der Waals surface area contributed by atoms with Crippen molar-refractivity contribution in [1.82, 2.24) is 4.57 Å². The summed E-state index contributed by atoms with van der Waals surface area (Å²) in [6, 6.07) is 20.9. The Labute approximate surface area is 236 Å². The van der Waals surface area contributed by atoms with Crippen LogP contribution in [0.25, 0.3) is 54.1 Å². The van der Waals surface area contributed by atoms with Gasteiger partial charge in [0.25, 0.3) is 0 Å². The van der Waals surface area contributed by atoms with Crippen LogP contribution in [0.3, 0.4) is 0 Å². The SMILES string of the molecule is CCCCCCCCC(CCCCCC)Cn1c2ccc3cccc4c5cccc6c(Br)cc1c(c65)c2c34. The monoisotopic (exact) mass is 567 g/mol. The molecule has 1 atom stereocenters. The molecule has 0 aliphatic heterocycles. The number of unbranched alkanes of at least 4 members (excludes halogenated alkanes) is 8. The molecule has 1 nitrogen and oxygen atoms in total. The van der Waals surface area contributed by atoms with Gasteiger partial charge in [-0.05, 0) is 57.8 Å². The van der Waals surface area contributed by atoms with Crippen LogP contribution in [0.5, 0.6) is 0 Å². The molecule has 6 aromatic rings. The summed E-state index contributed by atoms with van der Waals surface area (Å²) in [5.41, 5.74) is 2.84. The van der Waals surface area contributed by atoms with Gasteiger partial charge in [0.15, 0.2) is 0 Å². The lowest BCUT2D eigenvalue weighted by atomic mass is 9.90. The minimum absolute atomic E-state index is 0.744. The molecule has 0 N–H and O–H groups in total. The zero-order valence-corrected chi connectivity index (χ0v) is 24.9. The second kappa shape index (κ2) is 11.4. The van der Waals surface area contributed by atoms with Crippen LogP contribution in [0, 0.1) is 5.92 Å². The van der Waals surface area contributed by atoms with E-state index in [4.69, 9.17) is 0 Å². The summed E-state index contributed by atoms with van der Waals surface area (Å²) in [5.74, 6) is 0.744. The second-order valence-corrected chi connectivity index (χ2v) is 12.6. The first-order valence-corrected chi connectivity index (χ1v) is 16.1. The van der Waals surface area contributed by atoms with Crippen molar-refractivity contribution >= 4 is 70.1 Å². The van der Waals surface area contributed by atoms with E-state index in [0.717, 1.165) is 12.5 Å². The van der Waals surface area contributed by atoms with Crippen molar-refractivity contribution in [1.29, 1.82) is 0 Å². The summed E-state index contributed by atoms with van der Waals surface area (Å²) in [4.78, 5) is 0. The van der Waals surface area contributed by atoms with Crippen molar-refractivity contribution in [2.45, 2.75) is 97.4 Å². The van der Waals surface area contributed by atoms with Crippen molar-refractivity contribution in [2.75, 3.05) is 0 Å². The van der Waals surface area contributed by atoms with E-state index in [-0.39, 0.29) is 0 Å². The molecule has 0 amide bonds. The number of fused-ring (bicyclic) bond motifs is 1. The van der Waals surface area contributed by atoms with Crippen molar-refractivity contribution in [3.63, 3.8) is 0 Å². The number of hydrogen-bond acceptors (Lipinski definition) is 0. The highest BCUT2D eigenvalue weighted by Crippen LogP contribution is 2.48. The molecule has 1 unspecified atom stereocenters. The molecule has 0 saturated heterocycles. The van der Waals surface area contributed by atoms with Crippen LogP contribution in [0.15, 0.2) is 59.1 Å². The zero-order valence-electron chi connectivity index (χ0n) is 23.3. The molecule has 1 heterocycles. The molecular formula is C36H42BrN. The predicted molar refractivity (Wildman–Crippen MR) is 172 cm³/mol. The molecule has 5 aromatic carbocycles. The maximum atomic E-state index is 3.99. The zero-order chi connectivity index (χ0) is 26.1. The molecule has 0 radical (unpaired) electrons. The van der Waals surface area contributed by atoms with E-state index in [2.05, 4.69) is 88.9 Å². The van der Waals surface area contributed by atoms with Gasteiger partial charge in [0.2, 0.25) is 0 Å². The summed E-state index contributed by atoms with van der Waals surface area (Å²) >= 11 is 3.99. The minimum atomic E-state index is 0.744. The van der Waals surface area contributed by atoms with Crippen LogP contribution in [0.4, 0.5) is 0 Å². The maximum Gasteiger partial charge on any atom is 0.0509 e. The lowest BCUT2D eigenvalue weighted by molar-refractivity contribution is 0.365. The van der Waals surface area contributed by atoms with Gasteiger partial charge in [0, 0.05) is 32.7 Å². The Bertz CT molecular complexity index is 1640. The number of aromatic nitrogens is 1. The van der Waals surface area contributed by atoms with Gasteiger partial charge in [0.1, 0.15) is 0 Å². The lowest BCUT2D eigenvalue weighted by Crippen LogP contribution is -2.11. The molecule has 0 fully saturated rings. The number of halogens is 1. The fourth-order valence-corrected chi connectivity index (χ4v) is 7.71. The van der Waals surface area contributed by atoms with Crippen molar-refractivity contribution in [2.24, 2.45) is 5.92 Å². The summed E-state index contributed by atoms with van der Waals surface area (Å²) in [6.07, 6.45) is 16.5. The average molecular weight is 569 g/mol. The Balaban J connectivity index is 1.44. The molecule has 38 heavy (non-hydrogen) atoms. The summed E-state index contributed by atoms with van der Waals surface area (Å²) in [7, 11) is 0. The highest BCUT2D eigenvalue weighted by atomic mass is 79.9. The first kappa shape index (κ1) is 25.9. The number of hydrogen-bond donors (Lipinski definition) is 0. The molecule has 198 valence electrons. The largest absolute Gasteiger partial charge is 0.340 e. The van der Waals surface area contributed by atoms with Crippen molar-refractivity contribution < 1.29 is 0 Å². The van der Waals surface area contributed by atoms with E-state index >= 15 is 0 Å². The number of nitrogens with zero attached hydrogens (tertiary/aromatic N) is 1. The third-order valence-electron chi connectivity index (χ3n) is 9.11. The van der Waals surface area contributed by atoms with Gasteiger partial charge in [-0.3, -0.25) is 0 Å². The molecule has 0 saturated carbocycles. The highest BCUT2D eigenvalue weighted by molar-refractivity contribution is 9.10. The van der Waals surface area contributed by atoms with Crippen molar-refractivity contribution in [3.05, 3.63) is 59.1 Å².